The maximum absolute atomic E-state index is 11.4. The lowest BCUT2D eigenvalue weighted by molar-refractivity contribution is 0.0594. The summed E-state index contributed by atoms with van der Waals surface area (Å²) in [4.78, 5) is 20.6. The van der Waals surface area contributed by atoms with Gasteiger partial charge in [-0.3, -0.25) is 4.98 Å². The zero-order valence-corrected chi connectivity index (χ0v) is 9.75. The highest BCUT2D eigenvalue weighted by molar-refractivity contribution is 7.15. The molecular formula is C11H10N2O2S. The molecule has 0 aliphatic carbocycles. The van der Waals surface area contributed by atoms with E-state index in [9.17, 15) is 4.79 Å². The highest BCUT2D eigenvalue weighted by Gasteiger charge is 2.16. The van der Waals surface area contributed by atoms with Gasteiger partial charge in [-0.15, -0.1) is 11.3 Å². The smallest absolute Gasteiger partial charge is 0.357 e. The third kappa shape index (κ3) is 1.94. The average Bonchev–Trinajstić information content (AvgIpc) is 2.71. The first-order chi connectivity index (χ1) is 7.72. The molecule has 0 aliphatic rings. The molecule has 4 nitrogen and oxygen atoms in total. The van der Waals surface area contributed by atoms with E-state index in [1.807, 2.05) is 25.1 Å². The van der Waals surface area contributed by atoms with Crippen LogP contribution in [0.1, 0.15) is 15.4 Å². The minimum atomic E-state index is -0.407. The Morgan fingerprint density at radius 3 is 2.88 bits per heavy atom. The molecule has 0 saturated carbocycles. The summed E-state index contributed by atoms with van der Waals surface area (Å²) in [6.45, 7) is 1.84. The van der Waals surface area contributed by atoms with Gasteiger partial charge in [0.15, 0.2) is 5.69 Å². The monoisotopic (exact) mass is 234 g/mol. The number of rotatable bonds is 2. The van der Waals surface area contributed by atoms with E-state index in [2.05, 4.69) is 14.7 Å². The Labute approximate surface area is 96.9 Å². The number of esters is 1. The van der Waals surface area contributed by atoms with E-state index in [-0.39, 0.29) is 0 Å². The third-order valence-electron chi connectivity index (χ3n) is 2.06. The van der Waals surface area contributed by atoms with Crippen molar-refractivity contribution in [2.45, 2.75) is 6.92 Å². The van der Waals surface area contributed by atoms with Gasteiger partial charge in [0.25, 0.3) is 0 Å². The lowest BCUT2D eigenvalue weighted by Crippen LogP contribution is -2.03. The Balaban J connectivity index is 2.42. The molecule has 2 rings (SSSR count). The number of carbonyl (C=O) groups is 1. The molecule has 0 saturated heterocycles. The maximum Gasteiger partial charge on any atom is 0.357 e. The molecule has 2 aromatic heterocycles. The molecule has 5 heteroatoms. The molecular weight excluding hydrogens is 224 g/mol. The Bertz CT molecular complexity index is 508. The van der Waals surface area contributed by atoms with Gasteiger partial charge < -0.3 is 4.74 Å². The van der Waals surface area contributed by atoms with Crippen LogP contribution in [0.2, 0.25) is 0 Å². The van der Waals surface area contributed by atoms with Crippen LogP contribution in [-0.2, 0) is 4.74 Å². The second-order valence-electron chi connectivity index (χ2n) is 3.13. The summed E-state index contributed by atoms with van der Waals surface area (Å²) >= 11 is 1.44. The largest absolute Gasteiger partial charge is 0.464 e. The van der Waals surface area contributed by atoms with E-state index in [0.29, 0.717) is 5.69 Å². The molecule has 0 N–H and O–H groups in total. The van der Waals surface area contributed by atoms with Crippen LogP contribution in [0.25, 0.3) is 10.7 Å². The van der Waals surface area contributed by atoms with Gasteiger partial charge in [-0.05, 0) is 19.1 Å². The minimum absolute atomic E-state index is 0.369. The number of aromatic nitrogens is 2. The predicted molar refractivity (Wildman–Crippen MR) is 61.4 cm³/mol. The molecule has 0 spiro atoms. The van der Waals surface area contributed by atoms with Crippen molar-refractivity contribution in [2.24, 2.45) is 0 Å². The van der Waals surface area contributed by atoms with Crippen LogP contribution in [0.5, 0.6) is 0 Å². The van der Waals surface area contributed by atoms with E-state index in [1.165, 1.54) is 18.4 Å². The Morgan fingerprint density at radius 1 is 1.44 bits per heavy atom. The Morgan fingerprint density at radius 2 is 2.25 bits per heavy atom. The number of thiazole rings is 1. The third-order valence-corrected chi connectivity index (χ3v) is 3.05. The molecule has 0 aromatic carbocycles. The van der Waals surface area contributed by atoms with Gasteiger partial charge in [-0.1, -0.05) is 6.07 Å². The van der Waals surface area contributed by atoms with Gasteiger partial charge in [0.2, 0.25) is 0 Å². The quantitative estimate of drug-likeness (QED) is 0.748. The van der Waals surface area contributed by atoms with E-state index >= 15 is 0 Å². The van der Waals surface area contributed by atoms with Gasteiger partial charge in [0.05, 0.1) is 12.8 Å². The molecule has 0 radical (unpaired) electrons. The van der Waals surface area contributed by atoms with Crippen molar-refractivity contribution < 1.29 is 9.53 Å². The Kier molecular flexibility index (Phi) is 2.96. The van der Waals surface area contributed by atoms with Crippen LogP contribution in [0.15, 0.2) is 24.4 Å². The number of methoxy groups -OCH3 is 1. The zero-order valence-electron chi connectivity index (χ0n) is 8.93. The number of pyridine rings is 1. The van der Waals surface area contributed by atoms with Gasteiger partial charge >= 0.3 is 5.97 Å². The van der Waals surface area contributed by atoms with Gasteiger partial charge in [0.1, 0.15) is 5.01 Å². The summed E-state index contributed by atoms with van der Waals surface area (Å²) in [5.41, 5.74) is 1.14. The van der Waals surface area contributed by atoms with E-state index < -0.39 is 5.97 Å². The minimum Gasteiger partial charge on any atom is -0.464 e. The second-order valence-corrected chi connectivity index (χ2v) is 4.33. The summed E-state index contributed by atoms with van der Waals surface area (Å²) in [6.07, 6.45) is 1.70. The van der Waals surface area contributed by atoms with Crippen LogP contribution in [0.4, 0.5) is 0 Å². The average molecular weight is 234 g/mol. The van der Waals surface area contributed by atoms with Crippen LogP contribution in [-0.4, -0.2) is 23.0 Å². The number of aryl methyl sites for hydroxylation is 1. The first kappa shape index (κ1) is 10.8. The molecule has 2 aromatic rings. The summed E-state index contributed by atoms with van der Waals surface area (Å²) in [7, 11) is 1.35. The number of ether oxygens (including phenoxy) is 1. The summed E-state index contributed by atoms with van der Waals surface area (Å²) in [6, 6.07) is 5.58. The van der Waals surface area contributed by atoms with E-state index in [4.69, 9.17) is 0 Å². The zero-order chi connectivity index (χ0) is 11.5. The summed E-state index contributed by atoms with van der Waals surface area (Å²) in [5.74, 6) is -0.407. The number of carbonyl (C=O) groups excluding carboxylic acids is 1. The molecule has 0 amide bonds. The molecule has 2 heterocycles. The molecule has 0 aliphatic heterocycles. The molecule has 0 atom stereocenters. The summed E-state index contributed by atoms with van der Waals surface area (Å²) < 4.78 is 4.65. The van der Waals surface area contributed by atoms with Crippen LogP contribution in [0, 0.1) is 6.92 Å². The highest BCUT2D eigenvalue weighted by Crippen LogP contribution is 2.26. The molecule has 16 heavy (non-hydrogen) atoms. The fraction of sp³-hybridized carbons (Fsp3) is 0.182. The van der Waals surface area contributed by atoms with Crippen molar-refractivity contribution in [3.63, 3.8) is 0 Å². The molecule has 0 unspecified atom stereocenters. The first-order valence-electron chi connectivity index (χ1n) is 4.69. The van der Waals surface area contributed by atoms with Crippen molar-refractivity contribution in [3.05, 3.63) is 35.0 Å². The van der Waals surface area contributed by atoms with Crippen molar-refractivity contribution in [3.8, 4) is 10.7 Å². The lowest BCUT2D eigenvalue weighted by Gasteiger charge is -1.94. The van der Waals surface area contributed by atoms with Crippen molar-refractivity contribution in [1.82, 2.24) is 9.97 Å². The molecule has 0 fully saturated rings. The van der Waals surface area contributed by atoms with Crippen molar-refractivity contribution in [2.75, 3.05) is 7.11 Å². The van der Waals surface area contributed by atoms with E-state index in [1.54, 1.807) is 6.20 Å². The van der Waals surface area contributed by atoms with Gasteiger partial charge in [-0.25, -0.2) is 9.78 Å². The SMILES string of the molecule is COC(=O)c1nc(-c2ccccn2)sc1C. The maximum atomic E-state index is 11.4. The topological polar surface area (TPSA) is 52.1 Å². The second kappa shape index (κ2) is 4.40. The van der Waals surface area contributed by atoms with Crippen LogP contribution < -0.4 is 0 Å². The van der Waals surface area contributed by atoms with Gasteiger partial charge in [0, 0.05) is 11.1 Å². The highest BCUT2D eigenvalue weighted by atomic mass is 32.1. The number of hydrogen-bond acceptors (Lipinski definition) is 5. The van der Waals surface area contributed by atoms with Crippen molar-refractivity contribution >= 4 is 17.3 Å². The predicted octanol–water partition coefficient (Wildman–Crippen LogP) is 2.30. The van der Waals surface area contributed by atoms with Crippen LogP contribution >= 0.6 is 11.3 Å². The fourth-order valence-electron chi connectivity index (χ4n) is 1.28. The lowest BCUT2D eigenvalue weighted by atomic mass is 10.3. The first-order valence-corrected chi connectivity index (χ1v) is 5.51. The van der Waals surface area contributed by atoms with Gasteiger partial charge in [-0.2, -0.15) is 0 Å². The summed E-state index contributed by atoms with van der Waals surface area (Å²) in [5, 5.41) is 0.735. The Hall–Kier alpha value is -1.75. The standard InChI is InChI=1S/C11H10N2O2S/c1-7-9(11(14)15-2)13-10(16-7)8-5-3-4-6-12-8/h3-6H,1-2H3. The number of nitrogens with zero attached hydrogens (tertiary/aromatic N) is 2. The fourth-order valence-corrected chi connectivity index (χ4v) is 2.16. The van der Waals surface area contributed by atoms with Crippen LogP contribution in [0.3, 0.4) is 0 Å². The number of hydrogen-bond donors (Lipinski definition) is 0. The molecule has 0 bridgehead atoms. The van der Waals surface area contributed by atoms with Crippen molar-refractivity contribution in [1.29, 1.82) is 0 Å². The normalized spacial score (nSPS) is 10.1. The molecule has 82 valence electrons. The van der Waals surface area contributed by atoms with E-state index in [0.717, 1.165) is 15.6 Å².